The maximum absolute atomic E-state index is 13.5. The molecule has 170 valence electrons. The Balaban J connectivity index is 1.59. The molecular formula is C25H22N6O2S. The average molecular weight is 471 g/mol. The topological polar surface area (TPSA) is 87.7 Å². The molecule has 0 saturated heterocycles. The molecule has 1 atom stereocenters. The van der Waals surface area contributed by atoms with Crippen molar-refractivity contribution >= 4 is 22.7 Å². The third-order valence-electron chi connectivity index (χ3n) is 5.29. The van der Waals surface area contributed by atoms with Crippen molar-refractivity contribution in [2.24, 2.45) is 0 Å². The second-order valence-corrected chi connectivity index (χ2v) is 8.83. The molecule has 9 heteroatoms. The fourth-order valence-corrected chi connectivity index (χ4v) is 4.70. The van der Waals surface area contributed by atoms with Gasteiger partial charge in [0.1, 0.15) is 5.75 Å². The third-order valence-corrected chi connectivity index (χ3v) is 6.34. The molecule has 0 amide bonds. The number of benzene rings is 3. The minimum absolute atomic E-state index is 0.132. The fraction of sp³-hybridized carbons (Fsp3) is 0.160. The van der Waals surface area contributed by atoms with Crippen LogP contribution in [0.5, 0.6) is 5.75 Å². The molecule has 5 rings (SSSR count). The molecule has 8 nitrogen and oxygen atoms in total. The molecule has 0 fully saturated rings. The Labute approximate surface area is 200 Å². The van der Waals surface area contributed by atoms with E-state index >= 15 is 0 Å². The maximum atomic E-state index is 13.5. The van der Waals surface area contributed by atoms with Gasteiger partial charge in [0.05, 0.1) is 34.1 Å². The summed E-state index contributed by atoms with van der Waals surface area (Å²) in [5.41, 5.74) is 2.09. The molecule has 34 heavy (non-hydrogen) atoms. The molecule has 0 radical (unpaired) electrons. The van der Waals surface area contributed by atoms with Crippen LogP contribution in [-0.4, -0.2) is 36.4 Å². The zero-order valence-electron chi connectivity index (χ0n) is 18.7. The first-order valence-electron chi connectivity index (χ1n) is 10.9. The van der Waals surface area contributed by atoms with Crippen LogP contribution in [0, 0.1) is 0 Å². The van der Waals surface area contributed by atoms with Gasteiger partial charge in [-0.2, -0.15) is 4.68 Å². The lowest BCUT2D eigenvalue weighted by Gasteiger charge is -2.16. The van der Waals surface area contributed by atoms with E-state index < -0.39 is 0 Å². The molecule has 0 bridgehead atoms. The number of hydrogen-bond donors (Lipinski definition) is 0. The lowest BCUT2D eigenvalue weighted by molar-refractivity contribution is 0.340. The normalized spacial score (nSPS) is 12.1. The van der Waals surface area contributed by atoms with Crippen molar-refractivity contribution < 1.29 is 4.74 Å². The number of tetrazole rings is 1. The number of ether oxygens (including phenoxy) is 1. The number of thioether (sulfide) groups is 1. The highest BCUT2D eigenvalue weighted by Crippen LogP contribution is 2.34. The zero-order chi connectivity index (χ0) is 23.5. The molecule has 0 aliphatic heterocycles. The predicted octanol–water partition coefficient (Wildman–Crippen LogP) is 4.61. The number of aromatic nitrogens is 6. The third kappa shape index (κ3) is 4.17. The predicted molar refractivity (Wildman–Crippen MR) is 132 cm³/mol. The summed E-state index contributed by atoms with van der Waals surface area (Å²) < 4.78 is 8.90. The van der Waals surface area contributed by atoms with Crippen molar-refractivity contribution in [3.63, 3.8) is 0 Å². The van der Waals surface area contributed by atoms with E-state index in [1.54, 1.807) is 15.3 Å². The van der Waals surface area contributed by atoms with Crippen LogP contribution in [-0.2, 0) is 0 Å². The quantitative estimate of drug-likeness (QED) is 0.253. The summed E-state index contributed by atoms with van der Waals surface area (Å²) in [4.78, 5) is 18.4. The number of fused-ring (bicyclic) bond motifs is 1. The zero-order valence-corrected chi connectivity index (χ0v) is 19.5. The van der Waals surface area contributed by atoms with Crippen molar-refractivity contribution in [2.45, 2.75) is 24.3 Å². The van der Waals surface area contributed by atoms with Crippen LogP contribution in [0.3, 0.4) is 0 Å². The summed E-state index contributed by atoms with van der Waals surface area (Å²) in [6.45, 7) is 4.51. The number of nitrogens with zero attached hydrogens (tertiary/aromatic N) is 6. The van der Waals surface area contributed by atoms with Gasteiger partial charge in [-0.3, -0.25) is 9.36 Å². The van der Waals surface area contributed by atoms with E-state index in [4.69, 9.17) is 9.72 Å². The van der Waals surface area contributed by atoms with E-state index in [2.05, 4.69) is 15.5 Å². The Hall–Kier alpha value is -3.98. The van der Waals surface area contributed by atoms with Gasteiger partial charge < -0.3 is 4.74 Å². The molecule has 0 aliphatic rings. The van der Waals surface area contributed by atoms with Gasteiger partial charge in [0.2, 0.25) is 0 Å². The first kappa shape index (κ1) is 21.8. The highest BCUT2D eigenvalue weighted by Gasteiger charge is 2.21. The van der Waals surface area contributed by atoms with Crippen LogP contribution >= 0.6 is 11.8 Å². The monoisotopic (exact) mass is 470 g/mol. The summed E-state index contributed by atoms with van der Waals surface area (Å²) in [6, 6.07) is 24.5. The van der Waals surface area contributed by atoms with Crippen molar-refractivity contribution in [3.05, 3.63) is 95.0 Å². The Morgan fingerprint density at radius 2 is 1.68 bits per heavy atom. The van der Waals surface area contributed by atoms with Gasteiger partial charge in [-0.25, -0.2) is 4.98 Å². The van der Waals surface area contributed by atoms with E-state index in [0.717, 1.165) is 11.4 Å². The van der Waals surface area contributed by atoms with Gasteiger partial charge in [-0.05, 0) is 72.8 Å². The lowest BCUT2D eigenvalue weighted by atomic mass is 10.2. The molecule has 2 aromatic heterocycles. The molecule has 3 aromatic carbocycles. The summed E-state index contributed by atoms with van der Waals surface area (Å²) in [6.07, 6.45) is 0. The van der Waals surface area contributed by atoms with Gasteiger partial charge in [-0.1, -0.05) is 42.1 Å². The molecule has 0 aliphatic carbocycles. The van der Waals surface area contributed by atoms with Crippen molar-refractivity contribution in [2.75, 3.05) is 6.61 Å². The minimum atomic E-state index is -0.183. The van der Waals surface area contributed by atoms with Gasteiger partial charge in [-0.15, -0.1) is 5.10 Å². The highest BCUT2D eigenvalue weighted by atomic mass is 32.2. The molecule has 5 aromatic rings. The van der Waals surface area contributed by atoms with Crippen LogP contribution in [0.2, 0.25) is 0 Å². The van der Waals surface area contributed by atoms with Gasteiger partial charge in [0, 0.05) is 0 Å². The van der Waals surface area contributed by atoms with Crippen LogP contribution in [0.4, 0.5) is 0 Å². The van der Waals surface area contributed by atoms with Crippen molar-refractivity contribution in [3.8, 4) is 17.1 Å². The van der Waals surface area contributed by atoms with Gasteiger partial charge >= 0.3 is 0 Å². The van der Waals surface area contributed by atoms with Crippen LogP contribution in [0.25, 0.3) is 22.3 Å². The first-order valence-corrected chi connectivity index (χ1v) is 11.8. The molecule has 1 unspecified atom stereocenters. The van der Waals surface area contributed by atoms with Crippen molar-refractivity contribution in [1.29, 1.82) is 0 Å². The summed E-state index contributed by atoms with van der Waals surface area (Å²) in [5.74, 6) is 1.41. The van der Waals surface area contributed by atoms with Crippen molar-refractivity contribution in [1.82, 2.24) is 29.8 Å². The van der Waals surface area contributed by atoms with Crippen LogP contribution in [0.1, 0.15) is 24.9 Å². The van der Waals surface area contributed by atoms with Crippen LogP contribution < -0.4 is 10.3 Å². The second-order valence-electron chi connectivity index (χ2n) is 7.52. The number of rotatable bonds is 7. The Morgan fingerprint density at radius 3 is 2.44 bits per heavy atom. The molecule has 0 N–H and O–H groups in total. The molecule has 0 spiro atoms. The maximum Gasteiger partial charge on any atom is 0.266 e. The minimum Gasteiger partial charge on any atom is -0.494 e. The highest BCUT2D eigenvalue weighted by molar-refractivity contribution is 7.99. The lowest BCUT2D eigenvalue weighted by Crippen LogP contribution is -2.22. The summed E-state index contributed by atoms with van der Waals surface area (Å²) in [5, 5.41) is 13.2. The Bertz CT molecular complexity index is 1480. The van der Waals surface area contributed by atoms with E-state index in [1.165, 1.54) is 11.8 Å². The smallest absolute Gasteiger partial charge is 0.266 e. The molecular weight excluding hydrogens is 448 g/mol. The SMILES string of the molecule is CCOc1ccc(-n2c(SC(C)c3nnnn3-c3ccccc3)nc3ccccc3c2=O)cc1. The van der Waals surface area contributed by atoms with Gasteiger partial charge in [0.15, 0.2) is 11.0 Å². The fourth-order valence-electron chi connectivity index (χ4n) is 3.69. The summed E-state index contributed by atoms with van der Waals surface area (Å²) in [7, 11) is 0. The summed E-state index contributed by atoms with van der Waals surface area (Å²) >= 11 is 1.43. The average Bonchev–Trinajstić information content (AvgIpc) is 3.36. The second kappa shape index (κ2) is 9.48. The van der Waals surface area contributed by atoms with Crippen LogP contribution in [0.15, 0.2) is 88.8 Å². The number of para-hydroxylation sites is 2. The largest absolute Gasteiger partial charge is 0.494 e. The van der Waals surface area contributed by atoms with Gasteiger partial charge in [0.25, 0.3) is 5.56 Å². The van der Waals surface area contributed by atoms with E-state index in [-0.39, 0.29) is 10.8 Å². The molecule has 0 saturated carbocycles. The Morgan fingerprint density at radius 1 is 0.941 bits per heavy atom. The van der Waals surface area contributed by atoms with E-state index in [1.807, 2.05) is 86.6 Å². The standard InChI is InChI=1S/C25H22N6O2S/c1-3-33-20-15-13-18(14-16-20)30-24(32)21-11-7-8-12-22(21)26-25(30)34-17(2)23-27-28-29-31(23)19-9-5-4-6-10-19/h4-17H,3H2,1-2H3. The first-order chi connectivity index (χ1) is 16.7. The molecule has 2 heterocycles. The van der Waals surface area contributed by atoms with E-state index in [9.17, 15) is 4.79 Å². The number of hydrogen-bond acceptors (Lipinski definition) is 7. The van der Waals surface area contributed by atoms with E-state index in [0.29, 0.717) is 34.2 Å². The Kier molecular flexibility index (Phi) is 6.09.